The first-order valence-electron chi connectivity index (χ1n) is 9.49. The number of carboxylic acids is 1. The molecule has 3 heterocycles. The quantitative estimate of drug-likeness (QED) is 0.509. The molecular formula is C20H20N4O6S. The Morgan fingerprint density at radius 1 is 1.29 bits per heavy atom. The van der Waals surface area contributed by atoms with Gasteiger partial charge in [0.2, 0.25) is 5.88 Å². The summed E-state index contributed by atoms with van der Waals surface area (Å²) in [5, 5.41) is 20.9. The van der Waals surface area contributed by atoms with Gasteiger partial charge in [0.05, 0.1) is 7.11 Å². The van der Waals surface area contributed by atoms with Gasteiger partial charge in [-0.15, -0.1) is 0 Å². The fourth-order valence-electron chi connectivity index (χ4n) is 3.58. The van der Waals surface area contributed by atoms with Crippen LogP contribution in [0.15, 0.2) is 29.1 Å². The SMILES string of the molecule is COc1ccc(CN2CCc3c(sc4nc(O)c(C(=O)NCC(=O)O)c(=O)n34)C2)cc1. The van der Waals surface area contributed by atoms with Crippen molar-refractivity contribution < 1.29 is 24.5 Å². The van der Waals surface area contributed by atoms with Gasteiger partial charge in [0.1, 0.15) is 12.3 Å². The molecule has 0 bridgehead atoms. The molecular weight excluding hydrogens is 424 g/mol. The summed E-state index contributed by atoms with van der Waals surface area (Å²) in [6.45, 7) is 1.38. The molecule has 1 amide bonds. The monoisotopic (exact) mass is 444 g/mol. The fourth-order valence-corrected chi connectivity index (χ4v) is 4.77. The van der Waals surface area contributed by atoms with Crippen LogP contribution in [0.25, 0.3) is 4.96 Å². The van der Waals surface area contributed by atoms with Crippen LogP contribution in [0.4, 0.5) is 0 Å². The summed E-state index contributed by atoms with van der Waals surface area (Å²) in [5.41, 5.74) is 0.637. The summed E-state index contributed by atoms with van der Waals surface area (Å²) in [5.74, 6) is -2.14. The van der Waals surface area contributed by atoms with Crippen LogP contribution in [0.1, 0.15) is 26.5 Å². The first kappa shape index (κ1) is 20.8. The molecule has 0 unspecified atom stereocenters. The van der Waals surface area contributed by atoms with Crippen LogP contribution in [0, 0.1) is 0 Å². The second-order valence-corrected chi connectivity index (χ2v) is 8.15. The first-order valence-corrected chi connectivity index (χ1v) is 10.3. The Morgan fingerprint density at radius 2 is 2.03 bits per heavy atom. The number of rotatable bonds is 6. The number of methoxy groups -OCH3 is 1. The molecule has 0 spiro atoms. The number of amides is 1. The molecule has 0 aliphatic carbocycles. The summed E-state index contributed by atoms with van der Waals surface area (Å²) in [4.78, 5) is 43.3. The molecule has 0 saturated heterocycles. The van der Waals surface area contributed by atoms with Crippen molar-refractivity contribution in [3.05, 3.63) is 56.3 Å². The van der Waals surface area contributed by atoms with E-state index in [0.717, 1.165) is 28.4 Å². The summed E-state index contributed by atoms with van der Waals surface area (Å²) >= 11 is 1.29. The average Bonchev–Trinajstić information content (AvgIpc) is 3.10. The Kier molecular flexibility index (Phi) is 5.61. The third kappa shape index (κ3) is 4.09. The van der Waals surface area contributed by atoms with Gasteiger partial charge in [0.25, 0.3) is 11.5 Å². The fraction of sp³-hybridized carbons (Fsp3) is 0.300. The lowest BCUT2D eigenvalue weighted by atomic mass is 10.1. The molecule has 0 fully saturated rings. The minimum absolute atomic E-state index is 0.300. The van der Waals surface area contributed by atoms with Gasteiger partial charge in [-0.25, -0.2) is 0 Å². The van der Waals surface area contributed by atoms with Gasteiger partial charge in [0.15, 0.2) is 10.5 Å². The van der Waals surface area contributed by atoms with Crippen LogP contribution in [0.3, 0.4) is 0 Å². The predicted octanol–water partition coefficient (Wildman–Crippen LogP) is 0.843. The van der Waals surface area contributed by atoms with Crippen LogP contribution in [-0.2, 0) is 24.3 Å². The van der Waals surface area contributed by atoms with Crippen molar-refractivity contribution in [2.24, 2.45) is 0 Å². The number of carbonyl (C=O) groups is 2. The van der Waals surface area contributed by atoms with E-state index in [1.807, 2.05) is 24.3 Å². The Balaban J connectivity index is 1.61. The van der Waals surface area contributed by atoms with Crippen molar-refractivity contribution in [3.63, 3.8) is 0 Å². The molecule has 3 N–H and O–H groups in total. The number of aliphatic carboxylic acids is 1. The Morgan fingerprint density at radius 3 is 2.71 bits per heavy atom. The number of aromatic hydroxyl groups is 1. The predicted molar refractivity (Wildman–Crippen MR) is 112 cm³/mol. The second kappa shape index (κ2) is 8.36. The van der Waals surface area contributed by atoms with Gasteiger partial charge in [-0.2, -0.15) is 4.98 Å². The molecule has 1 aliphatic rings. The lowest BCUT2D eigenvalue weighted by molar-refractivity contribution is -0.135. The van der Waals surface area contributed by atoms with E-state index in [9.17, 15) is 19.5 Å². The number of ether oxygens (including phenoxy) is 1. The highest BCUT2D eigenvalue weighted by Crippen LogP contribution is 2.29. The van der Waals surface area contributed by atoms with Crippen LogP contribution in [0.2, 0.25) is 0 Å². The maximum atomic E-state index is 12.9. The van der Waals surface area contributed by atoms with E-state index in [1.54, 1.807) is 7.11 Å². The number of hydrogen-bond acceptors (Lipinski definition) is 8. The zero-order chi connectivity index (χ0) is 22.1. The number of hydrogen-bond donors (Lipinski definition) is 3. The molecule has 3 aromatic rings. The smallest absolute Gasteiger partial charge is 0.322 e. The maximum Gasteiger partial charge on any atom is 0.322 e. The Bertz CT molecular complexity index is 1220. The van der Waals surface area contributed by atoms with Crippen LogP contribution >= 0.6 is 11.3 Å². The van der Waals surface area contributed by atoms with E-state index in [4.69, 9.17) is 9.84 Å². The molecule has 0 radical (unpaired) electrons. The number of nitrogens with one attached hydrogen (secondary N) is 1. The minimum Gasteiger partial charge on any atom is -0.497 e. The highest BCUT2D eigenvalue weighted by molar-refractivity contribution is 7.17. The summed E-state index contributed by atoms with van der Waals surface area (Å²) < 4.78 is 6.53. The number of aromatic nitrogens is 2. The summed E-state index contributed by atoms with van der Waals surface area (Å²) in [6, 6.07) is 7.83. The summed E-state index contributed by atoms with van der Waals surface area (Å²) in [6.07, 6.45) is 0.577. The van der Waals surface area contributed by atoms with Crippen LogP contribution in [-0.4, -0.2) is 56.6 Å². The zero-order valence-corrected chi connectivity index (χ0v) is 17.4. The molecule has 4 rings (SSSR count). The maximum absolute atomic E-state index is 12.9. The molecule has 31 heavy (non-hydrogen) atoms. The number of fused-ring (bicyclic) bond motifs is 3. The van der Waals surface area contributed by atoms with Gasteiger partial charge < -0.3 is 20.3 Å². The Labute approximate surface area is 180 Å². The largest absolute Gasteiger partial charge is 0.497 e. The molecule has 2 aromatic heterocycles. The van der Waals surface area contributed by atoms with E-state index in [-0.39, 0.29) is 0 Å². The van der Waals surface area contributed by atoms with Gasteiger partial charge in [-0.05, 0) is 17.7 Å². The molecule has 11 heteroatoms. The number of carboxylic acid groups (broad SMARTS) is 1. The average molecular weight is 444 g/mol. The summed E-state index contributed by atoms with van der Waals surface area (Å²) in [7, 11) is 1.62. The van der Waals surface area contributed by atoms with Crippen molar-refractivity contribution in [1.82, 2.24) is 19.6 Å². The van der Waals surface area contributed by atoms with Crippen molar-refractivity contribution in [2.75, 3.05) is 20.2 Å². The zero-order valence-electron chi connectivity index (χ0n) is 16.6. The molecule has 1 aromatic carbocycles. The molecule has 10 nitrogen and oxygen atoms in total. The highest BCUT2D eigenvalue weighted by atomic mass is 32.1. The minimum atomic E-state index is -1.26. The van der Waals surface area contributed by atoms with E-state index in [1.165, 1.54) is 15.7 Å². The van der Waals surface area contributed by atoms with Crippen molar-refractivity contribution in [2.45, 2.75) is 19.5 Å². The second-order valence-electron chi connectivity index (χ2n) is 7.09. The van der Waals surface area contributed by atoms with E-state index < -0.39 is 35.4 Å². The normalized spacial score (nSPS) is 13.7. The van der Waals surface area contributed by atoms with Crippen LogP contribution in [0.5, 0.6) is 11.6 Å². The molecule has 1 aliphatic heterocycles. The van der Waals surface area contributed by atoms with Gasteiger partial charge in [-0.3, -0.25) is 23.7 Å². The third-order valence-electron chi connectivity index (χ3n) is 5.06. The lowest BCUT2D eigenvalue weighted by Crippen LogP contribution is -2.36. The third-order valence-corrected chi connectivity index (χ3v) is 6.13. The number of benzene rings is 1. The first-order chi connectivity index (χ1) is 14.9. The number of nitrogens with zero attached hydrogens (tertiary/aromatic N) is 3. The van der Waals surface area contributed by atoms with Gasteiger partial charge >= 0.3 is 5.97 Å². The van der Waals surface area contributed by atoms with Gasteiger partial charge in [0, 0.05) is 36.6 Å². The van der Waals surface area contributed by atoms with E-state index in [0.29, 0.717) is 24.5 Å². The Hall–Kier alpha value is -3.44. The van der Waals surface area contributed by atoms with Gasteiger partial charge in [-0.1, -0.05) is 23.5 Å². The molecule has 0 saturated carbocycles. The highest BCUT2D eigenvalue weighted by Gasteiger charge is 2.27. The molecule has 0 atom stereocenters. The van der Waals surface area contributed by atoms with E-state index in [2.05, 4.69) is 15.2 Å². The molecule has 162 valence electrons. The number of thiazole rings is 1. The van der Waals surface area contributed by atoms with Crippen LogP contribution < -0.4 is 15.6 Å². The van der Waals surface area contributed by atoms with Crippen molar-refractivity contribution >= 4 is 28.2 Å². The van der Waals surface area contributed by atoms with Crippen molar-refractivity contribution in [1.29, 1.82) is 0 Å². The van der Waals surface area contributed by atoms with Crippen molar-refractivity contribution in [3.8, 4) is 11.6 Å². The topological polar surface area (TPSA) is 133 Å². The van der Waals surface area contributed by atoms with E-state index >= 15 is 0 Å². The lowest BCUT2D eigenvalue weighted by Gasteiger charge is -2.26. The number of carbonyl (C=O) groups excluding carboxylic acids is 1. The standard InChI is InChI=1S/C20H20N4O6S/c1-30-12-4-2-11(3-5-12)9-23-7-6-13-14(10-23)31-20-22-18(28)16(19(29)24(13)20)17(27)21-8-15(25)26/h2-5,28H,6-10H2,1H3,(H,21,27)(H,25,26).